The van der Waals surface area contributed by atoms with Crippen LogP contribution in [0.25, 0.3) is 0 Å². The minimum atomic E-state index is -0.763. The van der Waals surface area contributed by atoms with Crippen molar-refractivity contribution < 1.29 is 9.90 Å². The Morgan fingerprint density at radius 3 is 3.00 bits per heavy atom. The number of nitrogens with zero attached hydrogens (tertiary/aromatic N) is 1. The van der Waals surface area contributed by atoms with Crippen LogP contribution >= 0.6 is 27.7 Å². The SMILES string of the molecule is CCC(CC(=O)O)Sc1ncccc1Br. The second-order valence-electron chi connectivity index (χ2n) is 3.04. The molecule has 0 aliphatic rings. The van der Waals surface area contributed by atoms with Crippen molar-refractivity contribution in [2.24, 2.45) is 0 Å². The van der Waals surface area contributed by atoms with E-state index in [2.05, 4.69) is 20.9 Å². The number of hydrogen-bond donors (Lipinski definition) is 1. The number of carboxylic acids is 1. The first-order chi connectivity index (χ1) is 7.13. The number of carbonyl (C=O) groups is 1. The van der Waals surface area contributed by atoms with E-state index in [1.165, 1.54) is 11.8 Å². The van der Waals surface area contributed by atoms with Crippen LogP contribution in [-0.2, 0) is 4.79 Å². The Labute approximate surface area is 101 Å². The first kappa shape index (κ1) is 12.5. The van der Waals surface area contributed by atoms with E-state index in [1.807, 2.05) is 19.1 Å². The predicted octanol–water partition coefficient (Wildman–Crippen LogP) is 3.19. The van der Waals surface area contributed by atoms with Crippen LogP contribution in [0.1, 0.15) is 19.8 Å². The summed E-state index contributed by atoms with van der Waals surface area (Å²) in [6, 6.07) is 3.75. The van der Waals surface area contributed by atoms with Crippen LogP contribution in [0, 0.1) is 0 Å². The Morgan fingerprint density at radius 1 is 1.73 bits per heavy atom. The molecule has 82 valence electrons. The molecule has 1 atom stereocenters. The van der Waals surface area contributed by atoms with Crippen molar-refractivity contribution in [2.75, 3.05) is 0 Å². The van der Waals surface area contributed by atoms with E-state index in [0.717, 1.165) is 15.9 Å². The van der Waals surface area contributed by atoms with Crippen molar-refractivity contribution in [1.29, 1.82) is 0 Å². The molecule has 1 aromatic rings. The normalized spacial score (nSPS) is 12.4. The van der Waals surface area contributed by atoms with Gasteiger partial charge in [0.05, 0.1) is 6.42 Å². The van der Waals surface area contributed by atoms with Crippen LogP contribution in [0.5, 0.6) is 0 Å². The van der Waals surface area contributed by atoms with E-state index < -0.39 is 5.97 Å². The van der Waals surface area contributed by atoms with Gasteiger partial charge in [0.1, 0.15) is 5.03 Å². The van der Waals surface area contributed by atoms with Gasteiger partial charge in [0, 0.05) is 15.9 Å². The van der Waals surface area contributed by atoms with Crippen molar-refractivity contribution in [3.8, 4) is 0 Å². The van der Waals surface area contributed by atoms with E-state index in [9.17, 15) is 4.79 Å². The third-order valence-corrected chi connectivity index (χ3v) is 4.14. The van der Waals surface area contributed by atoms with Gasteiger partial charge in [0.15, 0.2) is 0 Å². The van der Waals surface area contributed by atoms with E-state index in [0.29, 0.717) is 0 Å². The molecule has 1 unspecified atom stereocenters. The summed E-state index contributed by atoms with van der Waals surface area (Å²) in [5.41, 5.74) is 0. The zero-order valence-corrected chi connectivity index (χ0v) is 10.7. The molecule has 1 rings (SSSR count). The number of hydrogen-bond acceptors (Lipinski definition) is 3. The Balaban J connectivity index is 2.66. The smallest absolute Gasteiger partial charge is 0.304 e. The zero-order chi connectivity index (χ0) is 11.3. The summed E-state index contributed by atoms with van der Waals surface area (Å²) in [4.78, 5) is 14.8. The highest BCUT2D eigenvalue weighted by Gasteiger charge is 2.14. The third-order valence-electron chi connectivity index (χ3n) is 1.86. The molecule has 0 bridgehead atoms. The fourth-order valence-electron chi connectivity index (χ4n) is 1.08. The molecule has 1 heterocycles. The van der Waals surface area contributed by atoms with Crippen molar-refractivity contribution in [3.05, 3.63) is 22.8 Å². The van der Waals surface area contributed by atoms with Gasteiger partial charge >= 0.3 is 5.97 Å². The summed E-state index contributed by atoms with van der Waals surface area (Å²) in [7, 11) is 0. The fraction of sp³-hybridized carbons (Fsp3) is 0.400. The Kier molecular flexibility index (Phi) is 5.11. The van der Waals surface area contributed by atoms with Crippen molar-refractivity contribution in [3.63, 3.8) is 0 Å². The molecule has 1 aromatic heterocycles. The van der Waals surface area contributed by atoms with Gasteiger partial charge in [-0.15, -0.1) is 11.8 Å². The van der Waals surface area contributed by atoms with E-state index in [1.54, 1.807) is 6.20 Å². The average molecular weight is 290 g/mol. The van der Waals surface area contributed by atoms with Crippen LogP contribution in [-0.4, -0.2) is 21.3 Å². The lowest BCUT2D eigenvalue weighted by Crippen LogP contribution is -2.08. The molecule has 0 aliphatic heterocycles. The van der Waals surface area contributed by atoms with Crippen LogP contribution in [0.2, 0.25) is 0 Å². The summed E-state index contributed by atoms with van der Waals surface area (Å²) in [5.74, 6) is -0.763. The van der Waals surface area contributed by atoms with Gasteiger partial charge in [-0.25, -0.2) is 4.98 Å². The molecule has 0 aromatic carbocycles. The first-order valence-corrected chi connectivity index (χ1v) is 6.29. The molecule has 0 saturated heterocycles. The minimum absolute atomic E-state index is 0.0775. The van der Waals surface area contributed by atoms with Gasteiger partial charge in [-0.1, -0.05) is 6.92 Å². The van der Waals surface area contributed by atoms with E-state index >= 15 is 0 Å². The molecule has 0 spiro atoms. The standard InChI is InChI=1S/C10H12BrNO2S/c1-2-7(6-9(13)14)15-10-8(11)4-3-5-12-10/h3-5,7H,2,6H2,1H3,(H,13,14). The molecule has 0 saturated carbocycles. The number of aliphatic carboxylic acids is 1. The quantitative estimate of drug-likeness (QED) is 0.846. The highest BCUT2D eigenvalue weighted by atomic mass is 79.9. The molecule has 0 radical (unpaired) electrons. The number of halogens is 1. The molecule has 15 heavy (non-hydrogen) atoms. The molecular weight excluding hydrogens is 278 g/mol. The van der Waals surface area contributed by atoms with Crippen molar-refractivity contribution in [2.45, 2.75) is 30.0 Å². The van der Waals surface area contributed by atoms with Gasteiger partial charge in [-0.3, -0.25) is 4.79 Å². The Morgan fingerprint density at radius 2 is 2.47 bits per heavy atom. The molecule has 3 nitrogen and oxygen atoms in total. The highest BCUT2D eigenvalue weighted by Crippen LogP contribution is 2.31. The maximum Gasteiger partial charge on any atom is 0.304 e. The van der Waals surface area contributed by atoms with Crippen molar-refractivity contribution in [1.82, 2.24) is 4.98 Å². The van der Waals surface area contributed by atoms with Gasteiger partial charge < -0.3 is 5.11 Å². The van der Waals surface area contributed by atoms with Gasteiger partial charge in [0.25, 0.3) is 0 Å². The summed E-state index contributed by atoms with van der Waals surface area (Å²) in [6.07, 6.45) is 2.70. The van der Waals surface area contributed by atoms with Crippen molar-refractivity contribution >= 4 is 33.7 Å². The number of thioether (sulfide) groups is 1. The van der Waals surface area contributed by atoms with E-state index in [-0.39, 0.29) is 11.7 Å². The lowest BCUT2D eigenvalue weighted by molar-refractivity contribution is -0.136. The highest BCUT2D eigenvalue weighted by molar-refractivity contribution is 9.10. The van der Waals surface area contributed by atoms with E-state index in [4.69, 9.17) is 5.11 Å². The fourth-order valence-corrected chi connectivity index (χ4v) is 2.63. The second kappa shape index (κ2) is 6.12. The van der Waals surface area contributed by atoms with Gasteiger partial charge in [-0.05, 0) is 34.5 Å². The summed E-state index contributed by atoms with van der Waals surface area (Å²) in [5, 5.41) is 9.65. The van der Waals surface area contributed by atoms with Crippen LogP contribution < -0.4 is 0 Å². The second-order valence-corrected chi connectivity index (χ2v) is 5.18. The summed E-state index contributed by atoms with van der Waals surface area (Å²) in [6.45, 7) is 1.98. The molecule has 0 aliphatic carbocycles. The zero-order valence-electron chi connectivity index (χ0n) is 8.31. The number of pyridine rings is 1. The third kappa shape index (κ3) is 4.22. The van der Waals surface area contributed by atoms with Gasteiger partial charge in [0.2, 0.25) is 0 Å². The first-order valence-electron chi connectivity index (χ1n) is 4.62. The average Bonchev–Trinajstić information content (AvgIpc) is 2.19. The molecule has 5 heteroatoms. The maximum atomic E-state index is 10.6. The van der Waals surface area contributed by atoms with Crippen LogP contribution in [0.4, 0.5) is 0 Å². The number of carboxylic acid groups (broad SMARTS) is 1. The van der Waals surface area contributed by atoms with Crippen LogP contribution in [0.15, 0.2) is 27.8 Å². The Hall–Kier alpha value is -0.550. The monoisotopic (exact) mass is 289 g/mol. The molecule has 1 N–H and O–H groups in total. The lowest BCUT2D eigenvalue weighted by atomic mass is 10.2. The molecular formula is C10H12BrNO2S. The largest absolute Gasteiger partial charge is 0.481 e. The summed E-state index contributed by atoms with van der Waals surface area (Å²) >= 11 is 4.89. The molecule has 0 amide bonds. The number of aromatic nitrogens is 1. The topological polar surface area (TPSA) is 50.2 Å². The Bertz CT molecular complexity index is 346. The van der Waals surface area contributed by atoms with Gasteiger partial charge in [-0.2, -0.15) is 0 Å². The molecule has 0 fully saturated rings. The minimum Gasteiger partial charge on any atom is -0.481 e. The lowest BCUT2D eigenvalue weighted by Gasteiger charge is -2.11. The number of rotatable bonds is 5. The summed E-state index contributed by atoms with van der Waals surface area (Å²) < 4.78 is 0.916. The maximum absolute atomic E-state index is 10.6. The van der Waals surface area contributed by atoms with Crippen LogP contribution in [0.3, 0.4) is 0 Å². The predicted molar refractivity (Wildman–Crippen MR) is 64.1 cm³/mol.